The fourth-order valence-electron chi connectivity index (χ4n) is 2.16. The number of esters is 1. The molecule has 116 valence electrons. The molecule has 1 heterocycles. The molecule has 3 aromatic rings. The summed E-state index contributed by atoms with van der Waals surface area (Å²) in [6, 6.07) is 17.1. The smallest absolute Gasteiger partial charge is 0.341 e. The predicted octanol–water partition coefficient (Wildman–Crippen LogP) is 3.94. The molecule has 3 rings (SSSR count). The van der Waals surface area contributed by atoms with Crippen molar-refractivity contribution in [1.82, 2.24) is 9.78 Å². The van der Waals surface area contributed by atoms with E-state index in [1.807, 2.05) is 54.6 Å². The molecule has 0 aliphatic carbocycles. The number of carbonyl (C=O) groups excluding carboxylic acids is 1. The van der Waals surface area contributed by atoms with Gasteiger partial charge in [0.2, 0.25) is 0 Å². The normalized spacial score (nSPS) is 10.5. The minimum Gasteiger partial charge on any atom is -0.457 e. The third-order valence-corrected chi connectivity index (χ3v) is 3.74. The Kier molecular flexibility index (Phi) is 4.74. The van der Waals surface area contributed by atoms with Crippen LogP contribution in [-0.2, 0) is 17.9 Å². The van der Waals surface area contributed by atoms with Crippen molar-refractivity contribution in [2.45, 2.75) is 13.2 Å². The first-order chi connectivity index (χ1) is 11.2. The molecule has 0 amide bonds. The summed E-state index contributed by atoms with van der Waals surface area (Å²) >= 11 is 6.13. The number of benzene rings is 2. The van der Waals surface area contributed by atoms with Gasteiger partial charge in [-0.15, -0.1) is 0 Å². The van der Waals surface area contributed by atoms with Crippen LogP contribution in [0.3, 0.4) is 0 Å². The summed E-state index contributed by atoms with van der Waals surface area (Å²) in [7, 11) is 0. The molecule has 0 saturated heterocycles. The number of nitrogens with zero attached hydrogens (tertiary/aromatic N) is 2. The van der Waals surface area contributed by atoms with E-state index in [0.717, 1.165) is 11.1 Å². The highest BCUT2D eigenvalue weighted by atomic mass is 35.5. The average Bonchev–Trinajstić information content (AvgIpc) is 3.04. The summed E-state index contributed by atoms with van der Waals surface area (Å²) in [5, 5.41) is 4.86. The molecule has 2 aromatic carbocycles. The van der Waals surface area contributed by atoms with Crippen molar-refractivity contribution in [2.24, 2.45) is 0 Å². The number of rotatable bonds is 5. The second-order valence-corrected chi connectivity index (χ2v) is 5.49. The molecule has 1 aromatic heterocycles. The summed E-state index contributed by atoms with van der Waals surface area (Å²) in [5.74, 6) is -0.390. The van der Waals surface area contributed by atoms with Gasteiger partial charge in [0.05, 0.1) is 18.3 Å². The maximum absolute atomic E-state index is 12.0. The average molecular weight is 327 g/mol. The van der Waals surface area contributed by atoms with Crippen molar-refractivity contribution < 1.29 is 9.53 Å². The SMILES string of the molecule is O=C(OCc1ccccc1)c1cnn(Cc2ccccc2Cl)c1. The van der Waals surface area contributed by atoms with Crippen molar-refractivity contribution in [1.29, 1.82) is 0 Å². The van der Waals surface area contributed by atoms with Gasteiger partial charge in [-0.2, -0.15) is 5.10 Å². The highest BCUT2D eigenvalue weighted by Gasteiger charge is 2.11. The molecule has 0 N–H and O–H groups in total. The van der Waals surface area contributed by atoms with Crippen LogP contribution in [0.1, 0.15) is 21.5 Å². The highest BCUT2D eigenvalue weighted by molar-refractivity contribution is 6.31. The van der Waals surface area contributed by atoms with E-state index in [0.29, 0.717) is 17.1 Å². The largest absolute Gasteiger partial charge is 0.457 e. The van der Waals surface area contributed by atoms with Crippen LogP contribution in [0.4, 0.5) is 0 Å². The minimum absolute atomic E-state index is 0.245. The lowest BCUT2D eigenvalue weighted by Crippen LogP contribution is -2.05. The number of carbonyl (C=O) groups is 1. The first-order valence-corrected chi connectivity index (χ1v) is 7.57. The number of hydrogen-bond acceptors (Lipinski definition) is 3. The molecule has 5 heteroatoms. The number of aromatic nitrogens is 2. The van der Waals surface area contributed by atoms with Gasteiger partial charge in [0.1, 0.15) is 6.61 Å². The highest BCUT2D eigenvalue weighted by Crippen LogP contribution is 2.16. The van der Waals surface area contributed by atoms with Gasteiger partial charge in [0.25, 0.3) is 0 Å². The summed E-state index contributed by atoms with van der Waals surface area (Å²) in [6.45, 7) is 0.751. The van der Waals surface area contributed by atoms with Crippen LogP contribution < -0.4 is 0 Å². The lowest BCUT2D eigenvalue weighted by molar-refractivity contribution is 0.0472. The molecule has 0 unspecified atom stereocenters. The quantitative estimate of drug-likeness (QED) is 0.667. The maximum atomic E-state index is 12.0. The second-order valence-electron chi connectivity index (χ2n) is 5.08. The molecule has 0 atom stereocenters. The zero-order valence-corrected chi connectivity index (χ0v) is 13.1. The molecule has 0 radical (unpaired) electrons. The molecular weight excluding hydrogens is 312 g/mol. The van der Waals surface area contributed by atoms with E-state index in [-0.39, 0.29) is 12.6 Å². The Morgan fingerprint density at radius 3 is 2.61 bits per heavy atom. The fraction of sp³-hybridized carbons (Fsp3) is 0.111. The van der Waals surface area contributed by atoms with Crippen molar-refractivity contribution in [3.05, 3.63) is 88.7 Å². The molecule has 0 aliphatic rings. The number of ether oxygens (including phenoxy) is 1. The lowest BCUT2D eigenvalue weighted by Gasteiger charge is -2.04. The van der Waals surface area contributed by atoms with Crippen LogP contribution in [0.5, 0.6) is 0 Å². The second kappa shape index (κ2) is 7.11. The van der Waals surface area contributed by atoms with E-state index in [4.69, 9.17) is 16.3 Å². The van der Waals surface area contributed by atoms with Crippen molar-refractivity contribution in [3.63, 3.8) is 0 Å². The summed E-state index contributed by atoms with van der Waals surface area (Å²) in [6.07, 6.45) is 3.17. The Morgan fingerprint density at radius 1 is 1.09 bits per heavy atom. The standard InChI is InChI=1S/C18H15ClN2O2/c19-17-9-5-4-8-15(17)11-21-12-16(10-20-21)18(22)23-13-14-6-2-1-3-7-14/h1-10,12H,11,13H2. The first-order valence-electron chi connectivity index (χ1n) is 7.19. The van der Waals surface area contributed by atoms with Crippen LogP contribution >= 0.6 is 11.6 Å². The Morgan fingerprint density at radius 2 is 1.83 bits per heavy atom. The zero-order chi connectivity index (χ0) is 16.1. The van der Waals surface area contributed by atoms with Gasteiger partial charge in [-0.05, 0) is 17.2 Å². The maximum Gasteiger partial charge on any atom is 0.341 e. The Bertz CT molecular complexity index is 800. The first kappa shape index (κ1) is 15.3. The molecule has 0 bridgehead atoms. The molecule has 0 aliphatic heterocycles. The van der Waals surface area contributed by atoms with E-state index >= 15 is 0 Å². The fourth-order valence-corrected chi connectivity index (χ4v) is 2.36. The molecular formula is C18H15ClN2O2. The lowest BCUT2D eigenvalue weighted by atomic mass is 10.2. The number of halogens is 1. The van der Waals surface area contributed by atoms with Gasteiger partial charge >= 0.3 is 5.97 Å². The zero-order valence-electron chi connectivity index (χ0n) is 12.4. The van der Waals surface area contributed by atoms with Crippen molar-refractivity contribution >= 4 is 17.6 Å². The Hall–Kier alpha value is -2.59. The van der Waals surface area contributed by atoms with Gasteiger partial charge in [0.15, 0.2) is 0 Å². The number of hydrogen-bond donors (Lipinski definition) is 0. The van der Waals surface area contributed by atoms with Crippen LogP contribution in [0.15, 0.2) is 67.0 Å². The van der Waals surface area contributed by atoms with Crippen LogP contribution in [-0.4, -0.2) is 15.7 Å². The van der Waals surface area contributed by atoms with Crippen LogP contribution in [0.25, 0.3) is 0 Å². The third kappa shape index (κ3) is 3.99. The van der Waals surface area contributed by atoms with Gasteiger partial charge < -0.3 is 4.74 Å². The minimum atomic E-state index is -0.390. The van der Waals surface area contributed by atoms with E-state index < -0.39 is 0 Å². The Labute approximate surface area is 139 Å². The predicted molar refractivity (Wildman–Crippen MR) is 88.3 cm³/mol. The van der Waals surface area contributed by atoms with E-state index in [1.54, 1.807) is 10.9 Å². The van der Waals surface area contributed by atoms with Crippen LogP contribution in [0.2, 0.25) is 5.02 Å². The van der Waals surface area contributed by atoms with Gasteiger partial charge in [-0.1, -0.05) is 60.1 Å². The molecule has 0 saturated carbocycles. The molecule has 4 nitrogen and oxygen atoms in total. The monoisotopic (exact) mass is 326 g/mol. The van der Waals surface area contributed by atoms with Gasteiger partial charge in [-0.25, -0.2) is 4.79 Å². The summed E-state index contributed by atoms with van der Waals surface area (Å²) in [4.78, 5) is 12.0. The topological polar surface area (TPSA) is 44.1 Å². The van der Waals surface area contributed by atoms with Crippen molar-refractivity contribution in [2.75, 3.05) is 0 Å². The van der Waals surface area contributed by atoms with Crippen LogP contribution in [0, 0.1) is 0 Å². The molecule has 0 spiro atoms. The van der Waals surface area contributed by atoms with Gasteiger partial charge in [0, 0.05) is 11.2 Å². The Balaban J connectivity index is 1.62. The third-order valence-electron chi connectivity index (χ3n) is 3.37. The van der Waals surface area contributed by atoms with Crippen molar-refractivity contribution in [3.8, 4) is 0 Å². The van der Waals surface area contributed by atoms with E-state index in [1.165, 1.54) is 6.20 Å². The summed E-state index contributed by atoms with van der Waals surface area (Å²) < 4.78 is 6.95. The van der Waals surface area contributed by atoms with E-state index in [9.17, 15) is 4.79 Å². The molecule has 0 fully saturated rings. The van der Waals surface area contributed by atoms with Gasteiger partial charge in [-0.3, -0.25) is 4.68 Å². The molecule has 23 heavy (non-hydrogen) atoms. The summed E-state index contributed by atoms with van der Waals surface area (Å²) in [5.41, 5.74) is 2.32. The van der Waals surface area contributed by atoms with E-state index in [2.05, 4.69) is 5.10 Å².